The Morgan fingerprint density at radius 2 is 1.85 bits per heavy atom. The predicted molar refractivity (Wildman–Crippen MR) is 108 cm³/mol. The number of hydrogen-bond acceptors (Lipinski definition) is 3. The molecule has 144 valence electrons. The molecule has 2 amide bonds. The lowest BCUT2D eigenvalue weighted by atomic mass is 9.98. The number of hydrogen-bond donors (Lipinski definition) is 3. The van der Waals surface area contributed by atoms with Gasteiger partial charge >= 0.3 is 11.8 Å². The molecule has 0 fully saturated rings. The van der Waals surface area contributed by atoms with Crippen LogP contribution in [0.2, 0.25) is 0 Å². The van der Waals surface area contributed by atoms with Crippen molar-refractivity contribution in [2.45, 2.75) is 45.3 Å². The molecule has 27 heavy (non-hydrogen) atoms. The summed E-state index contributed by atoms with van der Waals surface area (Å²) in [7, 11) is 0. The molecule has 3 N–H and O–H groups in total. The molecule has 0 aliphatic carbocycles. The molecule has 0 bridgehead atoms. The van der Waals surface area contributed by atoms with E-state index < -0.39 is 17.4 Å². The van der Waals surface area contributed by atoms with Crippen LogP contribution >= 0.6 is 11.3 Å². The van der Waals surface area contributed by atoms with E-state index in [2.05, 4.69) is 46.3 Å². The molecule has 0 radical (unpaired) electrons. The molecule has 0 saturated carbocycles. The van der Waals surface area contributed by atoms with Gasteiger partial charge in [0, 0.05) is 17.5 Å². The highest BCUT2D eigenvalue weighted by Gasteiger charge is 2.30. The normalized spacial score (nSPS) is 17.7. The Bertz CT molecular complexity index is 796. The van der Waals surface area contributed by atoms with Gasteiger partial charge in [0.05, 0.1) is 18.0 Å². The van der Waals surface area contributed by atoms with E-state index >= 15 is 0 Å². The summed E-state index contributed by atoms with van der Waals surface area (Å²) >= 11 is 1.70. The molecule has 2 heterocycles. The fraction of sp³-hybridized carbons (Fsp3) is 0.429. The third-order valence-corrected chi connectivity index (χ3v) is 5.78. The van der Waals surface area contributed by atoms with Gasteiger partial charge < -0.3 is 15.5 Å². The lowest BCUT2D eigenvalue weighted by Gasteiger charge is -2.32. The van der Waals surface area contributed by atoms with Gasteiger partial charge in [-0.3, -0.25) is 9.59 Å². The third-order valence-electron chi connectivity index (χ3n) is 4.79. The van der Waals surface area contributed by atoms with E-state index in [1.165, 1.54) is 20.9 Å². The van der Waals surface area contributed by atoms with Crippen LogP contribution in [0.4, 0.5) is 0 Å². The number of benzene rings is 1. The van der Waals surface area contributed by atoms with Gasteiger partial charge in [-0.25, -0.2) is 0 Å². The second-order valence-electron chi connectivity index (χ2n) is 8.09. The third kappa shape index (κ3) is 5.17. The van der Waals surface area contributed by atoms with Crippen LogP contribution in [-0.2, 0) is 22.6 Å². The number of carbonyl (C=O) groups excluding carboxylic acids is 2. The minimum atomic E-state index is -0.577. The van der Waals surface area contributed by atoms with E-state index in [1.807, 2.05) is 26.8 Å². The highest BCUT2D eigenvalue weighted by molar-refractivity contribution is 7.10. The van der Waals surface area contributed by atoms with Gasteiger partial charge in [-0.05, 0) is 37.8 Å². The van der Waals surface area contributed by atoms with Crippen LogP contribution in [0.15, 0.2) is 41.8 Å². The van der Waals surface area contributed by atoms with Crippen LogP contribution < -0.4 is 15.5 Å². The molecular formula is C21H28N3O2S+. The number of amides is 2. The predicted octanol–water partition coefficient (Wildman–Crippen LogP) is 1.46. The summed E-state index contributed by atoms with van der Waals surface area (Å²) in [6.07, 6.45) is 1.03. The molecule has 0 spiro atoms. The van der Waals surface area contributed by atoms with Gasteiger partial charge in [0.1, 0.15) is 12.6 Å². The Balaban J connectivity index is 1.69. The second kappa shape index (κ2) is 8.23. The van der Waals surface area contributed by atoms with E-state index in [0.29, 0.717) is 6.54 Å². The maximum absolute atomic E-state index is 12.2. The number of thiophene rings is 1. The van der Waals surface area contributed by atoms with Crippen LogP contribution in [0.25, 0.3) is 0 Å². The van der Waals surface area contributed by atoms with Crippen LogP contribution in [0.3, 0.4) is 0 Å². The number of quaternary nitrogens is 1. The number of nitrogens with one attached hydrogen (secondary N) is 3. The van der Waals surface area contributed by atoms with Crippen molar-refractivity contribution < 1.29 is 14.5 Å². The molecule has 1 aliphatic rings. The molecule has 1 unspecified atom stereocenters. The van der Waals surface area contributed by atoms with Crippen LogP contribution in [0, 0.1) is 0 Å². The van der Waals surface area contributed by atoms with Crippen molar-refractivity contribution in [1.82, 2.24) is 10.6 Å². The second-order valence-corrected chi connectivity index (χ2v) is 9.07. The first kappa shape index (κ1) is 19.6. The number of fused-ring (bicyclic) bond motifs is 1. The Hall–Kier alpha value is -2.18. The van der Waals surface area contributed by atoms with Crippen molar-refractivity contribution in [3.8, 4) is 0 Å². The van der Waals surface area contributed by atoms with Gasteiger partial charge in [0.25, 0.3) is 0 Å². The SMILES string of the molecule is CC(C)(C)NC(=O)C(=O)NC[C@@H](c1cccs1)[NH+]1CCc2ccccc2C1. The van der Waals surface area contributed by atoms with E-state index in [4.69, 9.17) is 0 Å². The minimum Gasteiger partial charge on any atom is -0.343 e. The quantitative estimate of drug-likeness (QED) is 0.697. The standard InChI is InChI=1S/C21H27N3O2S/c1-21(2,3)23-20(26)19(25)22-13-17(18-9-6-12-27-18)24-11-10-15-7-4-5-8-16(15)14-24/h4-9,12,17H,10-11,13-14H2,1-3H3,(H,22,25)(H,23,26)/p+1/t17-/m0/s1. The van der Waals surface area contributed by atoms with Crippen molar-refractivity contribution in [2.75, 3.05) is 13.1 Å². The number of carbonyl (C=O) groups is 2. The van der Waals surface area contributed by atoms with Gasteiger partial charge in [0.15, 0.2) is 0 Å². The Morgan fingerprint density at radius 3 is 2.52 bits per heavy atom. The Kier molecular flexibility index (Phi) is 5.97. The van der Waals surface area contributed by atoms with Crippen LogP contribution in [0.1, 0.15) is 42.8 Å². The summed E-state index contributed by atoms with van der Waals surface area (Å²) in [4.78, 5) is 27.0. The molecule has 2 aromatic rings. The zero-order chi connectivity index (χ0) is 19.4. The zero-order valence-electron chi connectivity index (χ0n) is 16.2. The minimum absolute atomic E-state index is 0.143. The molecule has 1 aromatic carbocycles. The molecule has 6 heteroatoms. The summed E-state index contributed by atoms with van der Waals surface area (Å²) < 4.78 is 0. The Labute approximate surface area is 164 Å². The molecular weight excluding hydrogens is 358 g/mol. The summed E-state index contributed by atoms with van der Waals surface area (Å²) in [5.41, 5.74) is 2.36. The van der Waals surface area contributed by atoms with Gasteiger partial charge in [-0.1, -0.05) is 30.3 Å². The lowest BCUT2D eigenvalue weighted by molar-refractivity contribution is -0.945. The molecule has 5 nitrogen and oxygen atoms in total. The topological polar surface area (TPSA) is 62.6 Å². The van der Waals surface area contributed by atoms with Crippen molar-refractivity contribution in [2.24, 2.45) is 0 Å². The largest absolute Gasteiger partial charge is 0.343 e. The van der Waals surface area contributed by atoms with Crippen LogP contribution in [0.5, 0.6) is 0 Å². The summed E-state index contributed by atoms with van der Waals surface area (Å²) in [6.45, 7) is 7.99. The smallest absolute Gasteiger partial charge is 0.309 e. The van der Waals surface area contributed by atoms with Crippen LogP contribution in [-0.4, -0.2) is 30.4 Å². The first-order chi connectivity index (χ1) is 12.8. The maximum Gasteiger partial charge on any atom is 0.309 e. The zero-order valence-corrected chi connectivity index (χ0v) is 17.0. The molecule has 3 rings (SSSR count). The number of rotatable bonds is 4. The maximum atomic E-state index is 12.2. The lowest BCUT2D eigenvalue weighted by Crippen LogP contribution is -3.12. The van der Waals surface area contributed by atoms with Gasteiger partial charge in [-0.2, -0.15) is 0 Å². The molecule has 1 aliphatic heterocycles. The van der Waals surface area contributed by atoms with Gasteiger partial charge in [-0.15, -0.1) is 11.3 Å². The monoisotopic (exact) mass is 386 g/mol. The van der Waals surface area contributed by atoms with Crippen molar-refractivity contribution in [3.63, 3.8) is 0 Å². The fourth-order valence-electron chi connectivity index (χ4n) is 3.51. The van der Waals surface area contributed by atoms with Crippen molar-refractivity contribution >= 4 is 23.2 Å². The van der Waals surface area contributed by atoms with E-state index in [1.54, 1.807) is 11.3 Å². The Morgan fingerprint density at radius 1 is 1.11 bits per heavy atom. The molecule has 1 aromatic heterocycles. The van der Waals surface area contributed by atoms with E-state index in [0.717, 1.165) is 19.5 Å². The molecule has 0 saturated heterocycles. The van der Waals surface area contributed by atoms with E-state index in [9.17, 15) is 9.59 Å². The first-order valence-electron chi connectivity index (χ1n) is 9.38. The van der Waals surface area contributed by atoms with Crippen molar-refractivity contribution in [3.05, 3.63) is 57.8 Å². The highest BCUT2D eigenvalue weighted by Crippen LogP contribution is 2.19. The average molecular weight is 387 g/mol. The average Bonchev–Trinajstić information content (AvgIpc) is 3.14. The summed E-state index contributed by atoms with van der Waals surface area (Å²) in [5, 5.41) is 7.63. The molecule has 2 atom stereocenters. The summed E-state index contributed by atoms with van der Waals surface area (Å²) in [6, 6.07) is 12.9. The van der Waals surface area contributed by atoms with Crippen molar-refractivity contribution in [1.29, 1.82) is 0 Å². The highest BCUT2D eigenvalue weighted by atomic mass is 32.1. The fourth-order valence-corrected chi connectivity index (χ4v) is 4.39. The summed E-state index contributed by atoms with van der Waals surface area (Å²) in [5.74, 6) is -1.14. The first-order valence-corrected chi connectivity index (χ1v) is 10.3. The van der Waals surface area contributed by atoms with E-state index in [-0.39, 0.29) is 6.04 Å². The van der Waals surface area contributed by atoms with Gasteiger partial charge in [0.2, 0.25) is 0 Å².